The van der Waals surface area contributed by atoms with Gasteiger partial charge in [0.25, 0.3) is 0 Å². The zero-order valence-electron chi connectivity index (χ0n) is 8.92. The molecule has 2 rings (SSSR count). The molecule has 0 saturated carbocycles. The first kappa shape index (κ1) is 12.0. The van der Waals surface area contributed by atoms with Gasteiger partial charge < -0.3 is 5.11 Å². The van der Waals surface area contributed by atoms with Gasteiger partial charge in [-0.05, 0) is 23.8 Å². The molecule has 2 aromatic carbocycles. The lowest BCUT2D eigenvalue weighted by Gasteiger charge is -2.06. The number of hydrogen-bond donors (Lipinski definition) is 1. The number of rotatable bonds is 1. The molecule has 0 aliphatic rings. The van der Waals surface area contributed by atoms with E-state index in [0.29, 0.717) is 12.1 Å². The van der Waals surface area contributed by atoms with Gasteiger partial charge in [0.15, 0.2) is 0 Å². The highest BCUT2D eigenvalue weighted by Crippen LogP contribution is 2.30. The smallest absolute Gasteiger partial charge is 0.136 e. The molecule has 0 fully saturated rings. The molecular formula is C13H6F3NO. The maximum absolute atomic E-state index is 13.5. The number of nitrogens with zero attached hydrogens (tertiary/aromatic N) is 1. The fraction of sp³-hybridized carbons (Fsp3) is 0. The summed E-state index contributed by atoms with van der Waals surface area (Å²) in [5, 5.41) is 18.1. The second-order valence-corrected chi connectivity index (χ2v) is 3.62. The topological polar surface area (TPSA) is 44.0 Å². The SMILES string of the molecule is N#Cc1cc(O)cc(-c2c(F)cc(F)cc2F)c1. The lowest BCUT2D eigenvalue weighted by atomic mass is 10.0. The number of halogens is 3. The summed E-state index contributed by atoms with van der Waals surface area (Å²) in [4.78, 5) is 0. The molecule has 0 unspecified atom stereocenters. The van der Waals surface area contributed by atoms with Crippen molar-refractivity contribution in [3.05, 3.63) is 53.3 Å². The van der Waals surface area contributed by atoms with Gasteiger partial charge in [-0.1, -0.05) is 0 Å². The van der Waals surface area contributed by atoms with Crippen molar-refractivity contribution in [3.8, 4) is 22.9 Å². The van der Waals surface area contributed by atoms with Gasteiger partial charge in [-0.2, -0.15) is 5.26 Å². The summed E-state index contributed by atoms with van der Waals surface area (Å²) in [5.41, 5.74) is -0.460. The molecule has 0 atom stereocenters. The fourth-order valence-corrected chi connectivity index (χ4v) is 1.64. The van der Waals surface area contributed by atoms with Crippen LogP contribution < -0.4 is 0 Å². The van der Waals surface area contributed by atoms with Gasteiger partial charge in [-0.3, -0.25) is 0 Å². The minimum absolute atomic E-state index is 0.0263. The van der Waals surface area contributed by atoms with Crippen molar-refractivity contribution in [2.24, 2.45) is 0 Å². The molecule has 0 aliphatic heterocycles. The molecule has 2 aromatic rings. The van der Waals surface area contributed by atoms with Gasteiger partial charge in [0, 0.05) is 12.1 Å². The molecular weight excluding hydrogens is 243 g/mol. The molecule has 90 valence electrons. The molecule has 0 bridgehead atoms. The molecule has 0 heterocycles. The Hall–Kier alpha value is -2.48. The van der Waals surface area contributed by atoms with Crippen LogP contribution in [0.3, 0.4) is 0 Å². The Balaban J connectivity index is 2.70. The second kappa shape index (κ2) is 4.41. The van der Waals surface area contributed by atoms with Crippen molar-refractivity contribution in [1.82, 2.24) is 0 Å². The summed E-state index contributed by atoms with van der Waals surface area (Å²) in [5.74, 6) is -3.52. The number of hydrogen-bond acceptors (Lipinski definition) is 2. The highest BCUT2D eigenvalue weighted by Gasteiger charge is 2.14. The van der Waals surface area contributed by atoms with E-state index < -0.39 is 23.0 Å². The van der Waals surface area contributed by atoms with Crippen molar-refractivity contribution in [1.29, 1.82) is 5.26 Å². The van der Waals surface area contributed by atoms with Crippen LogP contribution in [0.5, 0.6) is 5.75 Å². The Morgan fingerprint density at radius 1 is 0.944 bits per heavy atom. The van der Waals surface area contributed by atoms with Gasteiger partial charge in [0.1, 0.15) is 23.2 Å². The van der Waals surface area contributed by atoms with Crippen LogP contribution in [-0.2, 0) is 0 Å². The van der Waals surface area contributed by atoms with Crippen molar-refractivity contribution in [2.45, 2.75) is 0 Å². The number of aromatic hydroxyl groups is 1. The minimum atomic E-state index is -1.10. The first-order valence-corrected chi connectivity index (χ1v) is 4.90. The Morgan fingerprint density at radius 2 is 1.56 bits per heavy atom. The van der Waals surface area contributed by atoms with Crippen molar-refractivity contribution >= 4 is 0 Å². The lowest BCUT2D eigenvalue weighted by Crippen LogP contribution is -1.93. The molecule has 0 spiro atoms. The molecule has 2 nitrogen and oxygen atoms in total. The second-order valence-electron chi connectivity index (χ2n) is 3.62. The van der Waals surface area contributed by atoms with Gasteiger partial charge in [0.2, 0.25) is 0 Å². The molecule has 0 aliphatic carbocycles. The van der Waals surface area contributed by atoms with Gasteiger partial charge in [0.05, 0.1) is 17.2 Å². The first-order valence-electron chi connectivity index (χ1n) is 4.90. The van der Waals surface area contributed by atoms with Crippen LogP contribution in [0.1, 0.15) is 5.56 Å². The predicted octanol–water partition coefficient (Wildman–Crippen LogP) is 3.35. The maximum Gasteiger partial charge on any atom is 0.136 e. The highest BCUT2D eigenvalue weighted by atomic mass is 19.1. The van der Waals surface area contributed by atoms with Gasteiger partial charge >= 0.3 is 0 Å². The Bertz CT molecular complexity index is 639. The van der Waals surface area contributed by atoms with E-state index in [2.05, 4.69) is 0 Å². The third-order valence-electron chi connectivity index (χ3n) is 2.34. The van der Waals surface area contributed by atoms with Gasteiger partial charge in [-0.15, -0.1) is 0 Å². The Kier molecular flexibility index (Phi) is 2.94. The van der Waals surface area contributed by atoms with E-state index in [1.165, 1.54) is 6.07 Å². The molecule has 5 heteroatoms. The summed E-state index contributed by atoms with van der Waals surface area (Å²) in [7, 11) is 0. The van der Waals surface area contributed by atoms with Crippen LogP contribution in [0, 0.1) is 28.8 Å². The average Bonchev–Trinajstić information content (AvgIpc) is 2.26. The zero-order valence-corrected chi connectivity index (χ0v) is 8.92. The Labute approximate surface area is 101 Å². The molecule has 0 radical (unpaired) electrons. The van der Waals surface area contributed by atoms with Crippen molar-refractivity contribution < 1.29 is 18.3 Å². The molecule has 0 amide bonds. The fourth-order valence-electron chi connectivity index (χ4n) is 1.64. The lowest BCUT2D eigenvalue weighted by molar-refractivity contribution is 0.475. The highest BCUT2D eigenvalue weighted by molar-refractivity contribution is 5.68. The minimum Gasteiger partial charge on any atom is -0.508 e. The third kappa shape index (κ3) is 2.13. The summed E-state index contributed by atoms with van der Waals surface area (Å²) in [6.45, 7) is 0. The standard InChI is InChI=1S/C13H6F3NO/c14-9-4-11(15)13(12(16)5-9)8-1-7(6-17)2-10(18)3-8/h1-5,18H. The molecule has 0 aromatic heterocycles. The van der Waals surface area contributed by atoms with E-state index in [9.17, 15) is 18.3 Å². The zero-order chi connectivity index (χ0) is 13.3. The van der Waals surface area contributed by atoms with Crippen LogP contribution in [0.15, 0.2) is 30.3 Å². The van der Waals surface area contributed by atoms with Crippen LogP contribution in [0.25, 0.3) is 11.1 Å². The average molecular weight is 249 g/mol. The largest absolute Gasteiger partial charge is 0.508 e. The molecule has 0 saturated heterocycles. The van der Waals surface area contributed by atoms with Crippen LogP contribution in [0.2, 0.25) is 0 Å². The van der Waals surface area contributed by atoms with E-state index >= 15 is 0 Å². The summed E-state index contributed by atoms with van der Waals surface area (Å²) >= 11 is 0. The van der Waals surface area contributed by atoms with Crippen LogP contribution in [0.4, 0.5) is 13.2 Å². The van der Waals surface area contributed by atoms with E-state index in [-0.39, 0.29) is 16.9 Å². The monoisotopic (exact) mass is 249 g/mol. The summed E-state index contributed by atoms with van der Waals surface area (Å²) < 4.78 is 39.8. The van der Waals surface area contributed by atoms with Crippen molar-refractivity contribution in [2.75, 3.05) is 0 Å². The van der Waals surface area contributed by atoms with Crippen LogP contribution in [-0.4, -0.2) is 5.11 Å². The number of phenols is 1. The molecule has 18 heavy (non-hydrogen) atoms. The Morgan fingerprint density at radius 3 is 2.11 bits per heavy atom. The number of phenolic OH excluding ortho intramolecular Hbond substituents is 1. The van der Waals surface area contributed by atoms with E-state index in [4.69, 9.17) is 5.26 Å². The third-order valence-corrected chi connectivity index (χ3v) is 2.34. The van der Waals surface area contributed by atoms with Crippen molar-refractivity contribution in [3.63, 3.8) is 0 Å². The predicted molar refractivity (Wildman–Crippen MR) is 58.1 cm³/mol. The maximum atomic E-state index is 13.5. The summed E-state index contributed by atoms with van der Waals surface area (Å²) in [6, 6.07) is 6.28. The quantitative estimate of drug-likeness (QED) is 0.842. The summed E-state index contributed by atoms with van der Waals surface area (Å²) in [6.07, 6.45) is 0. The van der Waals surface area contributed by atoms with E-state index in [1.807, 2.05) is 0 Å². The normalized spacial score (nSPS) is 10.1. The number of nitriles is 1. The van der Waals surface area contributed by atoms with Gasteiger partial charge in [-0.25, -0.2) is 13.2 Å². The van der Waals surface area contributed by atoms with E-state index in [0.717, 1.165) is 12.1 Å². The van der Waals surface area contributed by atoms with Crippen LogP contribution >= 0.6 is 0 Å². The molecule has 1 N–H and O–H groups in total. The number of benzene rings is 2. The van der Waals surface area contributed by atoms with E-state index in [1.54, 1.807) is 6.07 Å². The first-order chi connectivity index (χ1) is 8.51.